The SMILES string of the molecule is Cc1cc(Br)ccc1NC(=O)c1cnc(N2CCCCC2)cn1. The number of piperidine rings is 1. The Morgan fingerprint density at radius 3 is 2.61 bits per heavy atom. The fourth-order valence-electron chi connectivity index (χ4n) is 2.68. The molecule has 1 aliphatic rings. The molecule has 2 aromatic rings. The van der Waals surface area contributed by atoms with Crippen LogP contribution in [0.25, 0.3) is 0 Å². The average Bonchev–Trinajstić information content (AvgIpc) is 2.58. The molecule has 0 aliphatic carbocycles. The van der Waals surface area contributed by atoms with Gasteiger partial charge in [0.25, 0.3) is 5.91 Å². The lowest BCUT2D eigenvalue weighted by Gasteiger charge is -2.27. The topological polar surface area (TPSA) is 58.1 Å². The summed E-state index contributed by atoms with van der Waals surface area (Å²) in [6.45, 7) is 3.97. The summed E-state index contributed by atoms with van der Waals surface area (Å²) in [4.78, 5) is 23.2. The zero-order valence-electron chi connectivity index (χ0n) is 13.1. The minimum absolute atomic E-state index is 0.242. The molecular weight excluding hydrogens is 356 g/mol. The lowest BCUT2D eigenvalue weighted by Crippen LogP contribution is -2.30. The van der Waals surface area contributed by atoms with Gasteiger partial charge >= 0.3 is 0 Å². The van der Waals surface area contributed by atoms with Gasteiger partial charge in [-0.3, -0.25) is 4.79 Å². The number of rotatable bonds is 3. The van der Waals surface area contributed by atoms with E-state index in [1.54, 1.807) is 12.4 Å². The third kappa shape index (κ3) is 3.88. The van der Waals surface area contributed by atoms with Crippen LogP contribution in [0.2, 0.25) is 0 Å². The standard InChI is InChI=1S/C17H19BrN4O/c1-12-9-13(18)5-6-14(12)21-17(23)15-10-20-16(11-19-15)22-7-3-2-4-8-22/h5-6,9-11H,2-4,7-8H2,1H3,(H,21,23). The van der Waals surface area contributed by atoms with Crippen LogP contribution in [-0.4, -0.2) is 29.0 Å². The molecule has 23 heavy (non-hydrogen) atoms. The molecule has 0 unspecified atom stereocenters. The van der Waals surface area contributed by atoms with Gasteiger partial charge in [0.05, 0.1) is 12.4 Å². The quantitative estimate of drug-likeness (QED) is 0.887. The maximum absolute atomic E-state index is 12.3. The van der Waals surface area contributed by atoms with Gasteiger partial charge in [0.2, 0.25) is 0 Å². The molecule has 1 N–H and O–H groups in total. The van der Waals surface area contributed by atoms with Gasteiger partial charge in [-0.1, -0.05) is 15.9 Å². The van der Waals surface area contributed by atoms with Crippen molar-refractivity contribution in [3.05, 3.63) is 46.3 Å². The Balaban J connectivity index is 1.69. The first-order valence-corrected chi connectivity index (χ1v) is 8.57. The Bertz CT molecular complexity index is 696. The molecule has 6 heteroatoms. The Hall–Kier alpha value is -1.95. The molecule has 3 rings (SSSR count). The Labute approximate surface area is 144 Å². The number of nitrogens with zero attached hydrogens (tertiary/aromatic N) is 3. The number of carbonyl (C=O) groups is 1. The third-order valence-electron chi connectivity index (χ3n) is 3.99. The smallest absolute Gasteiger partial charge is 0.275 e. The molecule has 1 amide bonds. The van der Waals surface area contributed by atoms with Crippen LogP contribution in [0, 0.1) is 6.92 Å². The van der Waals surface area contributed by atoms with Gasteiger partial charge in [-0.05, 0) is 49.9 Å². The summed E-state index contributed by atoms with van der Waals surface area (Å²) in [6.07, 6.45) is 6.89. The molecule has 0 saturated carbocycles. The van der Waals surface area contributed by atoms with Crippen molar-refractivity contribution in [2.75, 3.05) is 23.3 Å². The van der Waals surface area contributed by atoms with E-state index in [0.29, 0.717) is 5.69 Å². The van der Waals surface area contributed by atoms with Crippen LogP contribution in [0.3, 0.4) is 0 Å². The molecule has 1 fully saturated rings. The average molecular weight is 375 g/mol. The summed E-state index contributed by atoms with van der Waals surface area (Å²) in [6, 6.07) is 5.72. The summed E-state index contributed by atoms with van der Waals surface area (Å²) >= 11 is 3.41. The summed E-state index contributed by atoms with van der Waals surface area (Å²) in [7, 11) is 0. The van der Waals surface area contributed by atoms with E-state index in [-0.39, 0.29) is 5.91 Å². The fourth-order valence-corrected chi connectivity index (χ4v) is 3.15. The van der Waals surface area contributed by atoms with Crippen LogP contribution in [0.4, 0.5) is 11.5 Å². The van der Waals surface area contributed by atoms with Crippen LogP contribution in [-0.2, 0) is 0 Å². The Kier molecular flexibility index (Phi) is 4.91. The lowest BCUT2D eigenvalue weighted by atomic mass is 10.1. The van der Waals surface area contributed by atoms with Gasteiger partial charge < -0.3 is 10.2 Å². The molecule has 0 spiro atoms. The number of aromatic nitrogens is 2. The summed E-state index contributed by atoms with van der Waals surface area (Å²) in [5, 5.41) is 2.88. The van der Waals surface area contributed by atoms with Crippen LogP contribution < -0.4 is 10.2 Å². The number of nitrogens with one attached hydrogen (secondary N) is 1. The van der Waals surface area contributed by atoms with Crippen molar-refractivity contribution in [3.8, 4) is 0 Å². The minimum Gasteiger partial charge on any atom is -0.355 e. The van der Waals surface area contributed by atoms with Gasteiger partial charge in [-0.15, -0.1) is 0 Å². The maximum atomic E-state index is 12.3. The van der Waals surface area contributed by atoms with E-state index in [2.05, 4.69) is 36.1 Å². The molecule has 5 nitrogen and oxygen atoms in total. The highest BCUT2D eigenvalue weighted by molar-refractivity contribution is 9.10. The number of hydrogen-bond donors (Lipinski definition) is 1. The van der Waals surface area contributed by atoms with E-state index in [9.17, 15) is 4.79 Å². The van der Waals surface area contributed by atoms with Crippen LogP contribution in [0.5, 0.6) is 0 Å². The number of aryl methyl sites for hydroxylation is 1. The van der Waals surface area contributed by atoms with Crippen molar-refractivity contribution in [1.82, 2.24) is 9.97 Å². The van der Waals surface area contributed by atoms with Crippen molar-refractivity contribution in [1.29, 1.82) is 0 Å². The first-order chi connectivity index (χ1) is 11.1. The molecule has 1 saturated heterocycles. The first-order valence-electron chi connectivity index (χ1n) is 7.78. The van der Waals surface area contributed by atoms with Gasteiger partial charge in [-0.25, -0.2) is 9.97 Å². The molecule has 2 heterocycles. The van der Waals surface area contributed by atoms with Crippen molar-refractivity contribution in [2.45, 2.75) is 26.2 Å². The second kappa shape index (κ2) is 7.08. The van der Waals surface area contributed by atoms with E-state index in [1.165, 1.54) is 19.3 Å². The molecule has 0 bridgehead atoms. The fraction of sp³-hybridized carbons (Fsp3) is 0.353. The Morgan fingerprint density at radius 2 is 1.96 bits per heavy atom. The zero-order valence-corrected chi connectivity index (χ0v) is 14.6. The zero-order chi connectivity index (χ0) is 16.2. The van der Waals surface area contributed by atoms with E-state index in [0.717, 1.165) is 34.6 Å². The molecule has 1 aromatic heterocycles. The van der Waals surface area contributed by atoms with Crippen LogP contribution in [0.1, 0.15) is 35.3 Å². The maximum Gasteiger partial charge on any atom is 0.275 e. The normalized spacial score (nSPS) is 14.6. The molecule has 0 atom stereocenters. The second-order valence-corrected chi connectivity index (χ2v) is 6.64. The van der Waals surface area contributed by atoms with Crippen molar-refractivity contribution < 1.29 is 4.79 Å². The summed E-state index contributed by atoms with van der Waals surface area (Å²) < 4.78 is 0.985. The van der Waals surface area contributed by atoms with E-state index >= 15 is 0 Å². The van der Waals surface area contributed by atoms with E-state index in [1.807, 2.05) is 25.1 Å². The molecule has 1 aliphatic heterocycles. The minimum atomic E-state index is -0.242. The number of anilines is 2. The summed E-state index contributed by atoms with van der Waals surface area (Å²) in [5.41, 5.74) is 2.10. The second-order valence-electron chi connectivity index (χ2n) is 5.72. The molecule has 120 valence electrons. The van der Waals surface area contributed by atoms with Gasteiger partial charge in [0.15, 0.2) is 0 Å². The van der Waals surface area contributed by atoms with Crippen LogP contribution >= 0.6 is 15.9 Å². The lowest BCUT2D eigenvalue weighted by molar-refractivity contribution is 0.102. The van der Waals surface area contributed by atoms with Gasteiger partial charge in [0, 0.05) is 23.2 Å². The predicted octanol–water partition coefficient (Wildman–Crippen LogP) is 3.79. The number of halogens is 1. The highest BCUT2D eigenvalue weighted by atomic mass is 79.9. The van der Waals surface area contributed by atoms with Crippen molar-refractivity contribution >= 4 is 33.3 Å². The summed E-state index contributed by atoms with van der Waals surface area (Å²) in [5.74, 6) is 0.606. The highest BCUT2D eigenvalue weighted by Gasteiger charge is 2.14. The molecule has 1 aromatic carbocycles. The van der Waals surface area contributed by atoms with Gasteiger partial charge in [-0.2, -0.15) is 0 Å². The monoisotopic (exact) mass is 374 g/mol. The van der Waals surface area contributed by atoms with Crippen LogP contribution in [0.15, 0.2) is 35.1 Å². The third-order valence-corrected chi connectivity index (χ3v) is 4.48. The van der Waals surface area contributed by atoms with Crippen molar-refractivity contribution in [2.24, 2.45) is 0 Å². The van der Waals surface area contributed by atoms with Gasteiger partial charge in [0.1, 0.15) is 11.5 Å². The molecular formula is C17H19BrN4O. The number of amides is 1. The highest BCUT2D eigenvalue weighted by Crippen LogP contribution is 2.21. The van der Waals surface area contributed by atoms with E-state index < -0.39 is 0 Å². The number of carbonyl (C=O) groups excluding carboxylic acids is 1. The molecule has 0 radical (unpaired) electrons. The number of hydrogen-bond acceptors (Lipinski definition) is 4. The largest absolute Gasteiger partial charge is 0.355 e. The predicted molar refractivity (Wildman–Crippen MR) is 94.9 cm³/mol. The van der Waals surface area contributed by atoms with E-state index in [4.69, 9.17) is 0 Å². The van der Waals surface area contributed by atoms with Crippen molar-refractivity contribution in [3.63, 3.8) is 0 Å². The number of benzene rings is 1. The first kappa shape index (κ1) is 15.9. The Morgan fingerprint density at radius 1 is 1.17 bits per heavy atom.